The first-order valence-corrected chi connectivity index (χ1v) is 12.6. The molecule has 2 saturated heterocycles. The molecule has 3 rings (SSSR count). The summed E-state index contributed by atoms with van der Waals surface area (Å²) in [6.45, 7) is 20.4. The Bertz CT molecular complexity index is 623. The molecule has 1 aliphatic carbocycles. The van der Waals surface area contributed by atoms with Crippen LogP contribution in [0.1, 0.15) is 93.9 Å². The lowest BCUT2D eigenvalue weighted by Gasteiger charge is -2.46. The summed E-state index contributed by atoms with van der Waals surface area (Å²) in [5.41, 5.74) is -1.05. The molecule has 178 valence electrons. The topological polar surface area (TPSA) is 50.8 Å². The summed E-state index contributed by atoms with van der Waals surface area (Å²) in [4.78, 5) is 16.1. The van der Waals surface area contributed by atoms with Crippen LogP contribution >= 0.6 is 0 Å². The van der Waals surface area contributed by atoms with Crippen LogP contribution in [0.3, 0.4) is 0 Å². The van der Waals surface area contributed by atoms with Gasteiger partial charge in [-0.25, -0.2) is 0 Å². The van der Waals surface area contributed by atoms with E-state index in [9.17, 15) is 4.79 Å². The third-order valence-electron chi connectivity index (χ3n) is 8.33. The first kappa shape index (κ1) is 25.0. The van der Waals surface area contributed by atoms with Crippen LogP contribution in [0, 0.1) is 17.3 Å². The first-order valence-electron chi connectivity index (χ1n) is 12.6. The van der Waals surface area contributed by atoms with Gasteiger partial charge in [-0.3, -0.25) is 4.79 Å². The molecule has 0 unspecified atom stereocenters. The number of carbonyl (C=O) groups is 1. The predicted molar refractivity (Wildman–Crippen MR) is 128 cm³/mol. The minimum Gasteiger partial charge on any atom is -0.403 e. The molecule has 1 amide bonds. The second-order valence-electron chi connectivity index (χ2n) is 12.7. The molecule has 0 bridgehead atoms. The van der Waals surface area contributed by atoms with E-state index in [4.69, 9.17) is 9.31 Å². The van der Waals surface area contributed by atoms with Gasteiger partial charge < -0.3 is 19.5 Å². The molecule has 3 aliphatic rings. The summed E-state index contributed by atoms with van der Waals surface area (Å²) in [7, 11) is -0.137. The smallest absolute Gasteiger partial charge is 0.403 e. The molecule has 3 fully saturated rings. The lowest BCUT2D eigenvalue weighted by Crippen LogP contribution is -2.54. The molecule has 0 aromatic heterocycles. The van der Waals surface area contributed by atoms with E-state index < -0.39 is 0 Å². The Kier molecular flexibility index (Phi) is 7.26. The van der Waals surface area contributed by atoms with Gasteiger partial charge >= 0.3 is 7.12 Å². The molecule has 3 atom stereocenters. The quantitative estimate of drug-likeness (QED) is 0.604. The Morgan fingerprint density at radius 2 is 1.61 bits per heavy atom. The molecular formula is C25H47BN2O3. The van der Waals surface area contributed by atoms with Gasteiger partial charge in [0.05, 0.1) is 16.6 Å². The van der Waals surface area contributed by atoms with Gasteiger partial charge in [0.15, 0.2) is 0 Å². The summed E-state index contributed by atoms with van der Waals surface area (Å²) in [6.07, 6.45) is 7.88. The maximum atomic E-state index is 13.5. The number of amides is 1. The second-order valence-corrected chi connectivity index (χ2v) is 12.7. The third-order valence-corrected chi connectivity index (χ3v) is 8.33. The lowest BCUT2D eigenvalue weighted by molar-refractivity contribution is -0.139. The summed E-state index contributed by atoms with van der Waals surface area (Å²) in [6, 6.07) is 0. The monoisotopic (exact) mass is 434 g/mol. The van der Waals surface area contributed by atoms with Crippen LogP contribution in [0.15, 0.2) is 0 Å². The lowest BCUT2D eigenvalue weighted by atomic mass is 9.61. The van der Waals surface area contributed by atoms with E-state index >= 15 is 0 Å². The van der Waals surface area contributed by atoms with E-state index in [2.05, 4.69) is 65.6 Å². The summed E-state index contributed by atoms with van der Waals surface area (Å²) >= 11 is 0. The number of rotatable bonds is 6. The minimum atomic E-state index is -0.311. The van der Waals surface area contributed by atoms with E-state index in [-0.39, 0.29) is 35.2 Å². The Balaban J connectivity index is 1.64. The molecule has 31 heavy (non-hydrogen) atoms. The Labute approximate surface area is 191 Å². The van der Waals surface area contributed by atoms with Gasteiger partial charge in [0.1, 0.15) is 0 Å². The van der Waals surface area contributed by atoms with Gasteiger partial charge in [0, 0.05) is 12.1 Å². The highest BCUT2D eigenvalue weighted by Crippen LogP contribution is 2.47. The molecule has 0 aromatic rings. The number of hydrogen-bond donors (Lipinski definition) is 1. The van der Waals surface area contributed by atoms with Crippen LogP contribution in [0.4, 0.5) is 0 Å². The second kappa shape index (κ2) is 8.98. The van der Waals surface area contributed by atoms with Crippen LogP contribution < -0.4 is 5.32 Å². The molecule has 1 N–H and O–H groups in total. The number of likely N-dealkylation sites (tertiary alicyclic amines) is 1. The van der Waals surface area contributed by atoms with Crippen molar-refractivity contribution >= 4 is 13.0 Å². The summed E-state index contributed by atoms with van der Waals surface area (Å²) < 4.78 is 12.4. The number of hydrogen-bond acceptors (Lipinski definition) is 4. The summed E-state index contributed by atoms with van der Waals surface area (Å²) in [5.74, 6) is 1.22. The van der Waals surface area contributed by atoms with Crippen molar-refractivity contribution in [1.82, 2.24) is 10.2 Å². The highest BCUT2D eigenvalue weighted by atomic mass is 16.7. The van der Waals surface area contributed by atoms with E-state index in [1.54, 1.807) is 0 Å². The maximum absolute atomic E-state index is 13.5. The largest absolute Gasteiger partial charge is 0.457 e. The molecule has 6 heteroatoms. The fraction of sp³-hybridized carbons (Fsp3) is 0.960. The van der Waals surface area contributed by atoms with Crippen molar-refractivity contribution in [3.05, 3.63) is 0 Å². The minimum absolute atomic E-state index is 0.137. The van der Waals surface area contributed by atoms with Gasteiger partial charge in [-0.05, 0) is 105 Å². The predicted octanol–water partition coefficient (Wildman–Crippen LogP) is 4.90. The molecule has 0 aromatic carbocycles. The Morgan fingerprint density at radius 1 is 1.03 bits per heavy atom. The van der Waals surface area contributed by atoms with Gasteiger partial charge in [0.25, 0.3) is 0 Å². The van der Waals surface area contributed by atoms with E-state index in [0.29, 0.717) is 11.8 Å². The van der Waals surface area contributed by atoms with Crippen molar-refractivity contribution in [2.45, 2.75) is 117 Å². The average molecular weight is 434 g/mol. The highest BCUT2D eigenvalue weighted by molar-refractivity contribution is 6.45. The number of carbonyl (C=O) groups excluding carboxylic acids is 1. The van der Waals surface area contributed by atoms with E-state index in [1.165, 1.54) is 32.4 Å². The van der Waals surface area contributed by atoms with E-state index in [0.717, 1.165) is 32.1 Å². The molecule has 1 saturated carbocycles. The Hall–Kier alpha value is -0.585. The van der Waals surface area contributed by atoms with Gasteiger partial charge in [-0.2, -0.15) is 0 Å². The van der Waals surface area contributed by atoms with Crippen LogP contribution in [0.5, 0.6) is 0 Å². The Morgan fingerprint density at radius 3 is 2.16 bits per heavy atom. The van der Waals surface area contributed by atoms with Gasteiger partial charge in [-0.1, -0.05) is 19.8 Å². The summed E-state index contributed by atoms with van der Waals surface area (Å²) in [5, 5.41) is 3.32. The highest BCUT2D eigenvalue weighted by Gasteiger charge is 2.51. The zero-order valence-corrected chi connectivity index (χ0v) is 21.5. The van der Waals surface area contributed by atoms with Crippen molar-refractivity contribution in [2.24, 2.45) is 17.3 Å². The fourth-order valence-electron chi connectivity index (χ4n) is 5.66. The molecule has 0 radical (unpaired) electrons. The van der Waals surface area contributed by atoms with Crippen molar-refractivity contribution in [3.8, 4) is 0 Å². The normalized spacial score (nSPS) is 33.6. The van der Waals surface area contributed by atoms with E-state index in [1.807, 2.05) is 0 Å². The van der Waals surface area contributed by atoms with Gasteiger partial charge in [-0.15, -0.1) is 0 Å². The van der Waals surface area contributed by atoms with Crippen molar-refractivity contribution in [3.63, 3.8) is 0 Å². The third kappa shape index (κ3) is 5.86. The van der Waals surface area contributed by atoms with Gasteiger partial charge in [0.2, 0.25) is 5.91 Å². The van der Waals surface area contributed by atoms with Crippen LogP contribution in [0.25, 0.3) is 0 Å². The van der Waals surface area contributed by atoms with Crippen molar-refractivity contribution < 1.29 is 14.1 Å². The fourth-order valence-corrected chi connectivity index (χ4v) is 5.66. The average Bonchev–Trinajstić information content (AvgIpc) is 3.19. The van der Waals surface area contributed by atoms with Crippen LogP contribution in [-0.2, 0) is 14.1 Å². The molecule has 5 nitrogen and oxygen atoms in total. The maximum Gasteiger partial charge on any atom is 0.457 e. The van der Waals surface area contributed by atoms with Crippen molar-refractivity contribution in [2.75, 3.05) is 19.6 Å². The molecule has 2 heterocycles. The first-order chi connectivity index (χ1) is 14.2. The zero-order chi connectivity index (χ0) is 23.1. The number of nitrogens with zero attached hydrogens (tertiary/aromatic N) is 1. The zero-order valence-electron chi connectivity index (χ0n) is 21.5. The SMILES string of the molecule is CC(C)(C)NC(=O)[C@@]1(C)C[C@H](CCB2OC(C)(C)C(C)(C)O2)CC[C@H]1CN1CCCC1. The van der Waals surface area contributed by atoms with Crippen molar-refractivity contribution in [1.29, 1.82) is 0 Å². The molecule has 0 spiro atoms. The van der Waals surface area contributed by atoms with Crippen LogP contribution in [0.2, 0.25) is 6.32 Å². The molecular weight excluding hydrogens is 387 g/mol. The van der Waals surface area contributed by atoms with Crippen LogP contribution in [-0.4, -0.2) is 54.3 Å². The molecule has 2 aliphatic heterocycles. The number of nitrogens with one attached hydrogen (secondary N) is 1. The standard InChI is InChI=1S/C25H47BN2O3/c1-22(2,3)27-21(29)25(8)17-19(11-12-20(25)18-28-15-9-10-16-28)13-14-26-30-23(4,5)24(6,7)31-26/h19-20H,9-18H2,1-8H3,(H,27,29)/t19-,20-,25-/m0/s1.